The second-order valence-electron chi connectivity index (χ2n) is 5.11. The molecule has 1 N–H and O–H groups in total. The normalized spacial score (nSPS) is 22.9. The summed E-state index contributed by atoms with van der Waals surface area (Å²) in [6, 6.07) is 3.14. The number of alkyl halides is 3. The average molecular weight is 323 g/mol. The Kier molecular flexibility index (Phi) is 4.61. The zero-order valence-corrected chi connectivity index (χ0v) is 11.7. The highest BCUT2D eigenvalue weighted by Gasteiger charge is 2.45. The lowest BCUT2D eigenvalue weighted by molar-refractivity contribution is -0.384. The van der Waals surface area contributed by atoms with Crippen molar-refractivity contribution >= 4 is 23.0 Å². The van der Waals surface area contributed by atoms with E-state index in [1.165, 1.54) is 18.2 Å². The van der Waals surface area contributed by atoms with Gasteiger partial charge in [-0.3, -0.25) is 10.1 Å². The van der Waals surface area contributed by atoms with Gasteiger partial charge in [-0.15, -0.1) is 0 Å². The number of benzene rings is 1. The molecule has 0 spiro atoms. The molecule has 8 heteroatoms. The van der Waals surface area contributed by atoms with E-state index >= 15 is 0 Å². The quantitative estimate of drug-likeness (QED) is 0.643. The monoisotopic (exact) mass is 322 g/mol. The summed E-state index contributed by atoms with van der Waals surface area (Å²) in [6.07, 6.45) is -2.45. The number of nitro groups is 1. The van der Waals surface area contributed by atoms with Crippen LogP contribution in [-0.2, 0) is 0 Å². The number of anilines is 1. The van der Waals surface area contributed by atoms with E-state index in [0.717, 1.165) is 6.42 Å². The van der Waals surface area contributed by atoms with E-state index in [1.807, 2.05) is 0 Å². The number of hydrogen-bond acceptors (Lipinski definition) is 3. The predicted molar refractivity (Wildman–Crippen MR) is 73.5 cm³/mol. The van der Waals surface area contributed by atoms with Crippen molar-refractivity contribution in [2.75, 3.05) is 5.32 Å². The highest BCUT2D eigenvalue weighted by molar-refractivity contribution is 6.32. The van der Waals surface area contributed by atoms with Gasteiger partial charge in [-0.25, -0.2) is 0 Å². The summed E-state index contributed by atoms with van der Waals surface area (Å²) in [6.45, 7) is 0. The fourth-order valence-electron chi connectivity index (χ4n) is 2.65. The highest BCUT2D eigenvalue weighted by atomic mass is 35.5. The smallest absolute Gasteiger partial charge is 0.382 e. The lowest BCUT2D eigenvalue weighted by atomic mass is 9.84. The molecule has 0 aromatic heterocycles. The number of rotatable bonds is 3. The van der Waals surface area contributed by atoms with Crippen LogP contribution >= 0.6 is 11.6 Å². The maximum atomic E-state index is 13.0. The van der Waals surface area contributed by atoms with Gasteiger partial charge in [0.05, 0.1) is 10.8 Å². The van der Waals surface area contributed by atoms with E-state index in [9.17, 15) is 23.3 Å². The molecule has 0 heterocycles. The van der Waals surface area contributed by atoms with E-state index in [-0.39, 0.29) is 17.1 Å². The average Bonchev–Trinajstić information content (AvgIpc) is 2.37. The van der Waals surface area contributed by atoms with Crippen molar-refractivity contribution in [2.24, 2.45) is 5.92 Å². The highest BCUT2D eigenvalue weighted by Crippen LogP contribution is 2.39. The van der Waals surface area contributed by atoms with Crippen molar-refractivity contribution in [2.45, 2.75) is 37.9 Å². The third-order valence-corrected chi connectivity index (χ3v) is 3.99. The zero-order chi connectivity index (χ0) is 15.6. The van der Waals surface area contributed by atoms with Crippen molar-refractivity contribution < 1.29 is 18.1 Å². The topological polar surface area (TPSA) is 55.2 Å². The molecule has 1 aliphatic carbocycles. The summed E-state index contributed by atoms with van der Waals surface area (Å²) in [7, 11) is 0. The van der Waals surface area contributed by atoms with Crippen LogP contribution in [-0.4, -0.2) is 17.1 Å². The van der Waals surface area contributed by atoms with Crippen molar-refractivity contribution in [3.8, 4) is 0 Å². The van der Waals surface area contributed by atoms with Crippen molar-refractivity contribution in [3.63, 3.8) is 0 Å². The van der Waals surface area contributed by atoms with E-state index in [0.29, 0.717) is 18.5 Å². The van der Waals surface area contributed by atoms with Gasteiger partial charge >= 0.3 is 6.18 Å². The molecule has 0 aliphatic heterocycles. The van der Waals surface area contributed by atoms with E-state index in [1.54, 1.807) is 0 Å². The Bertz CT molecular complexity index is 537. The molecule has 1 fully saturated rings. The molecule has 0 amide bonds. The largest absolute Gasteiger partial charge is 0.393 e. The van der Waals surface area contributed by atoms with Gasteiger partial charge in [0.15, 0.2) is 0 Å². The van der Waals surface area contributed by atoms with Crippen LogP contribution in [0.5, 0.6) is 0 Å². The van der Waals surface area contributed by atoms with Gasteiger partial charge in [0, 0.05) is 17.8 Å². The molecule has 1 aliphatic rings. The summed E-state index contributed by atoms with van der Waals surface area (Å²) in [5.74, 6) is -1.40. The maximum Gasteiger partial charge on any atom is 0.393 e. The van der Waals surface area contributed by atoms with Crippen LogP contribution in [0.3, 0.4) is 0 Å². The molecule has 4 nitrogen and oxygen atoms in total. The summed E-state index contributed by atoms with van der Waals surface area (Å²) in [5, 5.41) is 13.4. The van der Waals surface area contributed by atoms with Crippen LogP contribution < -0.4 is 5.32 Å². The molecule has 2 unspecified atom stereocenters. The molecule has 1 aromatic rings. The fraction of sp³-hybridized carbons (Fsp3) is 0.538. The van der Waals surface area contributed by atoms with Gasteiger partial charge in [-0.05, 0) is 25.0 Å². The van der Waals surface area contributed by atoms with E-state index in [2.05, 4.69) is 5.32 Å². The van der Waals surface area contributed by atoms with Gasteiger partial charge in [0.2, 0.25) is 0 Å². The summed E-state index contributed by atoms with van der Waals surface area (Å²) in [5.41, 5.74) is 0.102. The zero-order valence-electron chi connectivity index (χ0n) is 11.0. The Morgan fingerprint density at radius 1 is 1.29 bits per heavy atom. The molecule has 1 saturated carbocycles. The lowest BCUT2D eigenvalue weighted by Crippen LogP contribution is -2.41. The Labute approximate surface area is 124 Å². The minimum absolute atomic E-state index is 0.0932. The number of nitrogens with one attached hydrogen (secondary N) is 1. The minimum Gasteiger partial charge on any atom is -0.382 e. The maximum absolute atomic E-state index is 13.0. The second-order valence-corrected chi connectivity index (χ2v) is 5.51. The first-order valence-electron chi connectivity index (χ1n) is 6.56. The standard InChI is InChI=1S/C13H14ClF3N2O2/c14-10-7-8(5-6-12(10)19(20)21)18-11-4-2-1-3-9(11)13(15,16)17/h5-7,9,11,18H,1-4H2. The number of nitrogens with zero attached hydrogens (tertiary/aromatic N) is 1. The Hall–Kier alpha value is -1.50. The van der Waals surface area contributed by atoms with Gasteiger partial charge in [-0.2, -0.15) is 13.2 Å². The summed E-state index contributed by atoms with van der Waals surface area (Å²) < 4.78 is 39.0. The fourth-order valence-corrected chi connectivity index (χ4v) is 2.90. The van der Waals surface area contributed by atoms with Gasteiger partial charge in [0.25, 0.3) is 5.69 Å². The van der Waals surface area contributed by atoms with Crippen LogP contribution in [0, 0.1) is 16.0 Å². The summed E-state index contributed by atoms with van der Waals surface area (Å²) >= 11 is 5.76. The molecule has 2 rings (SSSR count). The van der Waals surface area contributed by atoms with E-state index in [4.69, 9.17) is 11.6 Å². The number of hydrogen-bond donors (Lipinski definition) is 1. The molecular weight excluding hydrogens is 309 g/mol. The first kappa shape index (κ1) is 15.9. The van der Waals surface area contributed by atoms with Crippen LogP contribution in [0.4, 0.5) is 24.5 Å². The number of halogens is 4. The molecule has 0 radical (unpaired) electrons. The van der Waals surface area contributed by atoms with Gasteiger partial charge < -0.3 is 5.32 Å². The molecule has 1 aromatic carbocycles. The molecule has 116 valence electrons. The first-order chi connectivity index (χ1) is 9.79. The van der Waals surface area contributed by atoms with Crippen LogP contribution in [0.25, 0.3) is 0 Å². The molecule has 0 saturated heterocycles. The SMILES string of the molecule is O=[N+]([O-])c1ccc(NC2CCCCC2C(F)(F)F)cc1Cl. The van der Waals surface area contributed by atoms with Crippen molar-refractivity contribution in [3.05, 3.63) is 33.3 Å². The number of nitro benzene ring substituents is 1. The molecule has 21 heavy (non-hydrogen) atoms. The van der Waals surface area contributed by atoms with Crippen molar-refractivity contribution in [1.29, 1.82) is 0 Å². The Balaban J connectivity index is 2.16. The van der Waals surface area contributed by atoms with Crippen molar-refractivity contribution in [1.82, 2.24) is 0 Å². The third kappa shape index (κ3) is 3.78. The van der Waals surface area contributed by atoms with E-state index < -0.39 is 23.1 Å². The molecule has 2 atom stereocenters. The Morgan fingerprint density at radius 3 is 2.52 bits per heavy atom. The summed E-state index contributed by atoms with van der Waals surface area (Å²) in [4.78, 5) is 10.0. The Morgan fingerprint density at radius 2 is 1.95 bits per heavy atom. The lowest BCUT2D eigenvalue weighted by Gasteiger charge is -2.34. The molecule has 0 bridgehead atoms. The first-order valence-corrected chi connectivity index (χ1v) is 6.94. The minimum atomic E-state index is -4.25. The van der Waals surface area contributed by atoms with Gasteiger partial charge in [0.1, 0.15) is 5.02 Å². The van der Waals surface area contributed by atoms with Crippen LogP contribution in [0.15, 0.2) is 18.2 Å². The predicted octanol–water partition coefficient (Wildman–Crippen LogP) is 4.78. The van der Waals surface area contributed by atoms with Crippen LogP contribution in [0.1, 0.15) is 25.7 Å². The van der Waals surface area contributed by atoms with Crippen LogP contribution in [0.2, 0.25) is 5.02 Å². The third-order valence-electron chi connectivity index (χ3n) is 3.68. The second kappa shape index (κ2) is 6.09. The van der Waals surface area contributed by atoms with Gasteiger partial charge in [-0.1, -0.05) is 24.4 Å². The molecular formula is C13H14ClF3N2O2.